The van der Waals surface area contributed by atoms with Crippen molar-refractivity contribution in [1.82, 2.24) is 10.0 Å². The maximum Gasteiger partial charge on any atom is 0.117 e. The number of rotatable bonds is 0. The summed E-state index contributed by atoms with van der Waals surface area (Å²) in [7, 11) is 0. The van der Waals surface area contributed by atoms with E-state index in [9.17, 15) is 5.11 Å². The summed E-state index contributed by atoms with van der Waals surface area (Å²) in [5, 5.41) is 12.8. The van der Waals surface area contributed by atoms with Crippen molar-refractivity contribution < 1.29 is 9.94 Å². The second-order valence-corrected chi connectivity index (χ2v) is 6.34. The Morgan fingerprint density at radius 1 is 1.45 bits per heavy atom. The van der Waals surface area contributed by atoms with E-state index in [-0.39, 0.29) is 17.8 Å². The van der Waals surface area contributed by atoms with Crippen LogP contribution in [0.5, 0.6) is 5.75 Å². The van der Waals surface area contributed by atoms with Gasteiger partial charge in [-0.25, -0.2) is 0 Å². The second kappa shape index (κ2) is 4.66. The fourth-order valence-corrected chi connectivity index (χ4v) is 4.00. The SMILES string of the molecule is N[C@@H]1CSCON2CCc3c([nH]c4cc(O)ccc34)C12. The Labute approximate surface area is 121 Å². The minimum atomic E-state index is 0.0446. The molecule has 0 spiro atoms. The number of hydrogen-bond donors (Lipinski definition) is 3. The molecule has 1 unspecified atom stereocenters. The summed E-state index contributed by atoms with van der Waals surface area (Å²) in [6, 6.07) is 5.61. The Morgan fingerprint density at radius 3 is 3.25 bits per heavy atom. The van der Waals surface area contributed by atoms with Crippen LogP contribution in [-0.4, -0.2) is 39.4 Å². The van der Waals surface area contributed by atoms with E-state index in [0.29, 0.717) is 5.94 Å². The van der Waals surface area contributed by atoms with E-state index in [4.69, 9.17) is 10.6 Å². The number of nitrogens with two attached hydrogens (primary N) is 1. The molecule has 4 rings (SSSR count). The van der Waals surface area contributed by atoms with Crippen LogP contribution in [0.4, 0.5) is 0 Å². The van der Waals surface area contributed by atoms with Crippen molar-refractivity contribution in [2.24, 2.45) is 5.73 Å². The van der Waals surface area contributed by atoms with E-state index in [2.05, 4.69) is 4.98 Å². The monoisotopic (exact) mass is 291 g/mol. The number of aromatic hydroxyl groups is 1. The van der Waals surface area contributed by atoms with Crippen molar-refractivity contribution >= 4 is 22.7 Å². The summed E-state index contributed by atoms with van der Waals surface area (Å²) < 4.78 is 0. The molecule has 2 atom stereocenters. The van der Waals surface area contributed by atoms with E-state index in [1.807, 2.05) is 11.1 Å². The van der Waals surface area contributed by atoms with Gasteiger partial charge >= 0.3 is 0 Å². The van der Waals surface area contributed by atoms with Gasteiger partial charge in [0.05, 0.1) is 6.04 Å². The lowest BCUT2D eigenvalue weighted by atomic mass is 9.95. The molecule has 20 heavy (non-hydrogen) atoms. The van der Waals surface area contributed by atoms with Crippen molar-refractivity contribution in [3.8, 4) is 5.75 Å². The van der Waals surface area contributed by atoms with E-state index >= 15 is 0 Å². The fourth-order valence-electron chi connectivity index (χ4n) is 3.24. The lowest BCUT2D eigenvalue weighted by molar-refractivity contribution is -0.175. The molecule has 3 heterocycles. The topological polar surface area (TPSA) is 74.5 Å². The largest absolute Gasteiger partial charge is 0.508 e. The predicted molar refractivity (Wildman–Crippen MR) is 79.5 cm³/mol. The molecule has 2 aromatic rings. The normalized spacial score (nSPS) is 27.1. The summed E-state index contributed by atoms with van der Waals surface area (Å²) in [6.07, 6.45) is 0.938. The Balaban J connectivity index is 1.88. The van der Waals surface area contributed by atoms with Gasteiger partial charge in [0.1, 0.15) is 11.7 Å². The summed E-state index contributed by atoms with van der Waals surface area (Å²) in [6.45, 7) is 0.861. The molecule has 2 aliphatic rings. The number of phenols is 1. The number of thioether (sulfide) groups is 1. The molecule has 0 amide bonds. The molecule has 0 bridgehead atoms. The van der Waals surface area contributed by atoms with Crippen LogP contribution in [-0.2, 0) is 11.3 Å². The quantitative estimate of drug-likeness (QED) is 0.689. The smallest absolute Gasteiger partial charge is 0.117 e. The number of aromatic nitrogens is 1. The average molecular weight is 291 g/mol. The first-order chi connectivity index (χ1) is 9.74. The van der Waals surface area contributed by atoms with Gasteiger partial charge in [0.2, 0.25) is 0 Å². The van der Waals surface area contributed by atoms with E-state index in [1.165, 1.54) is 10.9 Å². The molecule has 0 aliphatic carbocycles. The molecule has 0 radical (unpaired) electrons. The van der Waals surface area contributed by atoms with Gasteiger partial charge in [-0.1, -0.05) is 0 Å². The zero-order chi connectivity index (χ0) is 13.7. The minimum Gasteiger partial charge on any atom is -0.508 e. The third-order valence-electron chi connectivity index (χ3n) is 4.13. The summed E-state index contributed by atoms with van der Waals surface area (Å²) in [5.41, 5.74) is 9.77. The first kappa shape index (κ1) is 12.5. The van der Waals surface area contributed by atoms with Gasteiger partial charge in [0.15, 0.2) is 0 Å². The van der Waals surface area contributed by atoms with E-state index in [0.717, 1.165) is 29.9 Å². The number of benzene rings is 1. The molecule has 1 aromatic heterocycles. The Bertz CT molecular complexity index is 657. The molecular weight excluding hydrogens is 274 g/mol. The lowest BCUT2D eigenvalue weighted by Gasteiger charge is -2.35. The van der Waals surface area contributed by atoms with Crippen LogP contribution in [0.2, 0.25) is 0 Å². The van der Waals surface area contributed by atoms with Gasteiger partial charge < -0.3 is 15.8 Å². The summed E-state index contributed by atoms with van der Waals surface area (Å²) >= 11 is 1.73. The zero-order valence-electron chi connectivity index (χ0n) is 11.0. The van der Waals surface area contributed by atoms with Crippen LogP contribution in [0.25, 0.3) is 10.9 Å². The first-order valence-corrected chi connectivity index (χ1v) is 7.96. The maximum atomic E-state index is 9.64. The van der Waals surface area contributed by atoms with Crippen LogP contribution < -0.4 is 5.73 Å². The number of aromatic amines is 1. The van der Waals surface area contributed by atoms with Crippen molar-refractivity contribution in [3.05, 3.63) is 29.5 Å². The van der Waals surface area contributed by atoms with Crippen molar-refractivity contribution in [1.29, 1.82) is 0 Å². The highest BCUT2D eigenvalue weighted by atomic mass is 32.2. The van der Waals surface area contributed by atoms with Gasteiger partial charge in [-0.15, -0.1) is 11.8 Å². The standard InChI is InChI=1S/C14H17N3O2S/c15-11-6-20-7-19-17-4-3-10-9-2-1-8(18)5-12(9)16-13(10)14(11)17/h1-2,5,11,14,16,18H,3-4,6-7,15H2/t11-,14?/m1/s1. The number of hydroxylamine groups is 2. The number of nitrogens with zero attached hydrogens (tertiary/aromatic N) is 1. The third-order valence-corrected chi connectivity index (χ3v) is 5.02. The number of fused-ring (bicyclic) bond motifs is 5. The summed E-state index contributed by atoms with van der Waals surface area (Å²) in [4.78, 5) is 9.24. The molecule has 1 saturated heterocycles. The summed E-state index contributed by atoms with van der Waals surface area (Å²) in [5.74, 6) is 1.84. The molecule has 1 aromatic carbocycles. The highest BCUT2D eigenvalue weighted by Gasteiger charge is 2.36. The fraction of sp³-hybridized carbons (Fsp3) is 0.429. The van der Waals surface area contributed by atoms with Gasteiger partial charge in [-0.2, -0.15) is 5.06 Å². The Morgan fingerprint density at radius 2 is 2.35 bits per heavy atom. The van der Waals surface area contributed by atoms with E-state index < -0.39 is 0 Å². The van der Waals surface area contributed by atoms with Crippen LogP contribution in [0, 0.1) is 0 Å². The zero-order valence-corrected chi connectivity index (χ0v) is 11.8. The average Bonchev–Trinajstić information content (AvgIpc) is 2.68. The third kappa shape index (κ3) is 1.83. The predicted octanol–water partition coefficient (Wildman–Crippen LogP) is 1.74. The van der Waals surface area contributed by atoms with Crippen molar-refractivity contribution in [3.63, 3.8) is 0 Å². The van der Waals surface area contributed by atoms with Crippen LogP contribution >= 0.6 is 11.8 Å². The highest BCUT2D eigenvalue weighted by Crippen LogP contribution is 2.38. The molecule has 2 aliphatic heterocycles. The maximum absolute atomic E-state index is 9.64. The first-order valence-electron chi connectivity index (χ1n) is 6.80. The van der Waals surface area contributed by atoms with Crippen molar-refractivity contribution in [2.75, 3.05) is 18.2 Å². The minimum absolute atomic E-state index is 0.0446. The number of nitrogens with one attached hydrogen (secondary N) is 1. The van der Waals surface area contributed by atoms with Crippen LogP contribution in [0.15, 0.2) is 18.2 Å². The lowest BCUT2D eigenvalue weighted by Crippen LogP contribution is -2.44. The molecule has 1 fully saturated rings. The van der Waals surface area contributed by atoms with Gasteiger partial charge in [-0.05, 0) is 24.1 Å². The van der Waals surface area contributed by atoms with Crippen LogP contribution in [0.3, 0.4) is 0 Å². The molecule has 5 nitrogen and oxygen atoms in total. The molecule has 6 heteroatoms. The van der Waals surface area contributed by atoms with Gasteiger partial charge in [-0.3, -0.25) is 4.84 Å². The number of hydrogen-bond acceptors (Lipinski definition) is 5. The number of phenolic OH excluding ortho intramolecular Hbond substituents is 1. The molecule has 0 saturated carbocycles. The molecular formula is C14H17N3O2S. The molecule has 4 N–H and O–H groups in total. The van der Waals surface area contributed by atoms with E-state index in [1.54, 1.807) is 23.9 Å². The molecule has 106 valence electrons. The van der Waals surface area contributed by atoms with Gasteiger partial charge in [0.25, 0.3) is 0 Å². The van der Waals surface area contributed by atoms with Crippen LogP contribution in [0.1, 0.15) is 17.3 Å². The Kier molecular flexibility index (Phi) is 2.92. The van der Waals surface area contributed by atoms with Gasteiger partial charge in [0, 0.05) is 41.0 Å². The number of H-pyrrole nitrogens is 1. The Hall–Kier alpha value is -1.21. The van der Waals surface area contributed by atoms with Crippen molar-refractivity contribution in [2.45, 2.75) is 18.5 Å². The second-order valence-electron chi connectivity index (χ2n) is 5.36. The highest BCUT2D eigenvalue weighted by molar-refractivity contribution is 7.99.